The Balaban J connectivity index is 2.14. The van der Waals surface area contributed by atoms with Gasteiger partial charge >= 0.3 is 5.97 Å². The fraction of sp³-hybridized carbons (Fsp3) is 0.417. The highest BCUT2D eigenvalue weighted by Gasteiger charge is 2.43. The molecule has 4 radical (unpaired) electrons. The molecule has 9 nitrogen and oxygen atoms in total. The minimum atomic E-state index is -3.50. The van der Waals surface area contributed by atoms with Crippen LogP contribution in [0.1, 0.15) is 11.1 Å². The first-order valence-corrected chi connectivity index (χ1v) is 12.6. The highest BCUT2D eigenvalue weighted by Crippen LogP contribution is 2.18. The van der Waals surface area contributed by atoms with Crippen molar-refractivity contribution in [1.82, 2.24) is 5.32 Å². The maximum Gasteiger partial charge on any atom is 0.331 e. The van der Waals surface area contributed by atoms with Crippen LogP contribution in [0.15, 0.2) is 48.5 Å². The minimum absolute atomic E-state index is 0.107. The van der Waals surface area contributed by atoms with Crippen molar-refractivity contribution in [1.29, 1.82) is 0 Å². The lowest BCUT2D eigenvalue weighted by atomic mass is 9.75. The van der Waals surface area contributed by atoms with E-state index < -0.39 is 41.2 Å². The van der Waals surface area contributed by atoms with E-state index >= 15 is 0 Å². The number of ether oxygens (including phenoxy) is 1. The molecule has 2 rings (SSSR count). The highest BCUT2D eigenvalue weighted by molar-refractivity contribution is 6.24. The van der Waals surface area contributed by atoms with Gasteiger partial charge in [-0.05, 0) is 41.8 Å². The van der Waals surface area contributed by atoms with Gasteiger partial charge in [0.2, 0.25) is 11.6 Å². The maximum atomic E-state index is 13.3. The molecule has 14 heteroatoms. The Morgan fingerprint density at radius 3 is 1.97 bits per heavy atom. The van der Waals surface area contributed by atoms with Gasteiger partial charge < -0.3 is 36.0 Å². The lowest BCUT2D eigenvalue weighted by Crippen LogP contribution is -2.60. The van der Waals surface area contributed by atoms with Gasteiger partial charge in [-0.25, -0.2) is 9.18 Å². The Labute approximate surface area is 232 Å². The second-order valence-electron chi connectivity index (χ2n) is 8.58. The zero-order valence-electron chi connectivity index (χ0n) is 20.4. The van der Waals surface area contributed by atoms with E-state index in [1.807, 2.05) is 17.0 Å². The van der Waals surface area contributed by atoms with Gasteiger partial charge in [0.05, 0.1) is 6.04 Å². The average Bonchev–Trinajstić information content (AvgIpc) is 2.84. The summed E-state index contributed by atoms with van der Waals surface area (Å²) in [6.07, 6.45) is -0.122. The summed E-state index contributed by atoms with van der Waals surface area (Å²) in [5.74, 6) is -1.77. The summed E-state index contributed by atoms with van der Waals surface area (Å²) in [5.41, 5.74) is 1.20. The molecule has 0 aromatic heterocycles. The van der Waals surface area contributed by atoms with Gasteiger partial charge in [-0.3, -0.25) is 4.79 Å². The number of carbonyl (C=O) groups excluding carboxylic acids is 2. The molecule has 0 aliphatic heterocycles. The maximum absolute atomic E-state index is 13.3. The van der Waals surface area contributed by atoms with Gasteiger partial charge in [-0.15, -0.1) is 23.2 Å². The van der Waals surface area contributed by atoms with Crippen LogP contribution >= 0.6 is 23.2 Å². The number of alkyl halides is 2. The number of amides is 1. The number of hydrogen-bond donors (Lipinski definition) is 5. The Kier molecular flexibility index (Phi) is 11.9. The number of nitrogens with two attached hydrogens (primary N) is 1. The van der Waals surface area contributed by atoms with Crippen molar-refractivity contribution in [2.45, 2.75) is 36.3 Å². The number of benzene rings is 2. The van der Waals surface area contributed by atoms with Crippen molar-refractivity contribution >= 4 is 56.5 Å². The minimum Gasteiger partial charge on any atom is -0.437 e. The molecule has 1 amide bonds. The number of halogens is 3. The summed E-state index contributed by atoms with van der Waals surface area (Å²) in [6.45, 7) is 1.22. The standard InChI is InChI=1S/C24H28B2Cl2FN3O6/c25-23(35,36)24(26,37)38-22(34)20(14-16-1-5-17(29)6-2-16)31-21(33)19(30)13-15-3-7-18(8-4-15)32(11-9-27)12-10-28/h1-8,19-20,35-37H,9-14,30H2,(H,31,33). The summed E-state index contributed by atoms with van der Waals surface area (Å²) in [6, 6.07) is 9.68. The molecule has 0 spiro atoms. The van der Waals surface area contributed by atoms with E-state index in [0.717, 1.165) is 23.4 Å². The zero-order chi connectivity index (χ0) is 28.5. The van der Waals surface area contributed by atoms with Gasteiger partial charge in [0, 0.05) is 37.0 Å². The molecule has 0 aliphatic carbocycles. The summed E-state index contributed by atoms with van der Waals surface area (Å²) in [5, 5.41) is 31.0. The fourth-order valence-corrected chi connectivity index (χ4v) is 3.80. The second-order valence-corrected chi connectivity index (χ2v) is 9.33. The topological polar surface area (TPSA) is 145 Å². The SMILES string of the molecule is [B]C(O)(O)C([B])(O)OC(=O)C(Cc1ccc(F)cc1)NC(=O)C(N)Cc1ccc(N(CCCl)CCCl)cc1. The molecular weight excluding hydrogens is 538 g/mol. The number of aliphatic hydroxyl groups is 3. The number of rotatable bonds is 14. The van der Waals surface area contributed by atoms with Gasteiger partial charge in [0.25, 0.3) is 0 Å². The number of esters is 1. The number of hydrogen-bond acceptors (Lipinski definition) is 8. The molecule has 0 bridgehead atoms. The number of nitrogens with one attached hydrogen (secondary N) is 1. The lowest BCUT2D eigenvalue weighted by Gasteiger charge is -2.36. The van der Waals surface area contributed by atoms with Gasteiger partial charge in [0.1, 0.15) is 11.9 Å². The van der Waals surface area contributed by atoms with E-state index in [9.17, 15) is 29.3 Å². The van der Waals surface area contributed by atoms with Crippen LogP contribution < -0.4 is 16.0 Å². The number of nitrogens with zero attached hydrogens (tertiary/aromatic N) is 1. The van der Waals surface area contributed by atoms with Crippen molar-refractivity contribution < 1.29 is 34.0 Å². The van der Waals surface area contributed by atoms with Gasteiger partial charge in [-0.1, -0.05) is 24.3 Å². The molecule has 3 unspecified atom stereocenters. The Morgan fingerprint density at radius 2 is 1.47 bits per heavy atom. The van der Waals surface area contributed by atoms with E-state index in [-0.39, 0.29) is 12.8 Å². The normalized spacial score (nSPS) is 14.7. The van der Waals surface area contributed by atoms with Crippen molar-refractivity contribution in [3.63, 3.8) is 0 Å². The van der Waals surface area contributed by atoms with Crippen molar-refractivity contribution in [3.05, 3.63) is 65.5 Å². The molecular formula is C24H28B2Cl2FN3O6. The van der Waals surface area contributed by atoms with Crippen LogP contribution in [0.2, 0.25) is 0 Å². The first-order chi connectivity index (χ1) is 17.8. The van der Waals surface area contributed by atoms with Gasteiger partial charge in [0.15, 0.2) is 21.4 Å². The monoisotopic (exact) mass is 565 g/mol. The second kappa shape index (κ2) is 14.2. The number of carbonyl (C=O) groups is 2. The molecule has 202 valence electrons. The smallest absolute Gasteiger partial charge is 0.331 e. The van der Waals surface area contributed by atoms with Crippen LogP contribution in [-0.4, -0.2) is 91.2 Å². The molecule has 0 aliphatic rings. The Bertz CT molecular complexity index is 1050. The van der Waals surface area contributed by atoms with Crippen LogP contribution in [0.25, 0.3) is 0 Å². The molecule has 0 fully saturated rings. The third-order valence-corrected chi connectivity index (χ3v) is 5.88. The summed E-state index contributed by atoms with van der Waals surface area (Å²) >= 11 is 11.7. The molecule has 0 saturated carbocycles. The van der Waals surface area contributed by atoms with Crippen molar-refractivity contribution in [3.8, 4) is 0 Å². The molecule has 0 heterocycles. The van der Waals surface area contributed by atoms with E-state index in [0.29, 0.717) is 30.4 Å². The van der Waals surface area contributed by atoms with E-state index in [4.69, 9.17) is 44.6 Å². The Morgan fingerprint density at radius 1 is 0.974 bits per heavy atom. The van der Waals surface area contributed by atoms with Crippen LogP contribution in [-0.2, 0) is 27.2 Å². The van der Waals surface area contributed by atoms with E-state index in [1.165, 1.54) is 12.1 Å². The van der Waals surface area contributed by atoms with Crippen LogP contribution in [0.4, 0.5) is 10.1 Å². The first-order valence-electron chi connectivity index (χ1n) is 11.5. The molecule has 3 atom stereocenters. The van der Waals surface area contributed by atoms with Crippen LogP contribution in [0.5, 0.6) is 0 Å². The number of anilines is 1. The zero-order valence-corrected chi connectivity index (χ0v) is 21.9. The van der Waals surface area contributed by atoms with E-state index in [2.05, 4.69) is 10.1 Å². The predicted octanol–water partition coefficient (Wildman–Crippen LogP) is -0.128. The van der Waals surface area contributed by atoms with Crippen molar-refractivity contribution in [2.75, 3.05) is 29.7 Å². The molecule has 0 saturated heterocycles. The molecule has 2 aromatic carbocycles. The molecule has 2 aromatic rings. The summed E-state index contributed by atoms with van der Waals surface area (Å²) in [4.78, 5) is 27.6. The quantitative estimate of drug-likeness (QED) is 0.0922. The largest absolute Gasteiger partial charge is 0.437 e. The van der Waals surface area contributed by atoms with E-state index in [1.54, 1.807) is 12.1 Å². The average molecular weight is 566 g/mol. The predicted molar refractivity (Wildman–Crippen MR) is 144 cm³/mol. The molecule has 38 heavy (non-hydrogen) atoms. The van der Waals surface area contributed by atoms with Crippen molar-refractivity contribution in [2.24, 2.45) is 5.73 Å². The Hall–Kier alpha value is -2.34. The highest BCUT2D eigenvalue weighted by atomic mass is 35.5. The third-order valence-electron chi connectivity index (χ3n) is 5.54. The van der Waals surface area contributed by atoms with Crippen LogP contribution in [0, 0.1) is 5.82 Å². The van der Waals surface area contributed by atoms with Gasteiger partial charge in [-0.2, -0.15) is 0 Å². The summed E-state index contributed by atoms with van der Waals surface area (Å²) in [7, 11) is 10.1. The summed E-state index contributed by atoms with van der Waals surface area (Å²) < 4.78 is 17.8. The first kappa shape index (κ1) is 31.9. The van der Waals surface area contributed by atoms with Crippen LogP contribution in [0.3, 0.4) is 0 Å². The fourth-order valence-electron chi connectivity index (χ4n) is 3.39. The third kappa shape index (κ3) is 9.44. The molecule has 6 N–H and O–H groups in total. The lowest BCUT2D eigenvalue weighted by molar-refractivity contribution is -0.278.